The van der Waals surface area contributed by atoms with E-state index in [2.05, 4.69) is 41.5 Å². The molecule has 0 unspecified atom stereocenters. The number of hydrogen-bond donors (Lipinski definition) is 2. The molecule has 4 aliphatic carbocycles. The quantitative estimate of drug-likeness (QED) is 0.480. The van der Waals surface area contributed by atoms with Crippen molar-refractivity contribution in [3.8, 4) is 0 Å². The van der Waals surface area contributed by atoms with Crippen LogP contribution in [0.3, 0.4) is 0 Å². The minimum atomic E-state index is -0.755. The maximum atomic E-state index is 10.9. The summed E-state index contributed by atoms with van der Waals surface area (Å²) >= 11 is 0. The summed E-state index contributed by atoms with van der Waals surface area (Å²) in [6, 6.07) is 0. The zero-order chi connectivity index (χ0) is 24.2. The van der Waals surface area contributed by atoms with E-state index in [0.717, 1.165) is 31.1 Å². The van der Waals surface area contributed by atoms with E-state index >= 15 is 0 Å². The summed E-state index contributed by atoms with van der Waals surface area (Å²) < 4.78 is 6.73. The lowest BCUT2D eigenvalue weighted by Crippen LogP contribution is -2.64. The van der Waals surface area contributed by atoms with E-state index in [1.54, 1.807) is 0 Å². The maximum Gasteiger partial charge on any atom is 0.0865 e. The molecule has 33 heavy (non-hydrogen) atoms. The fourth-order valence-electron chi connectivity index (χ4n) is 11.1. The molecule has 0 aromatic rings. The lowest BCUT2D eigenvalue weighted by Gasteiger charge is -2.70. The summed E-state index contributed by atoms with van der Waals surface area (Å²) in [6.07, 6.45) is 11.9. The minimum absolute atomic E-state index is 0.0293. The monoisotopic (exact) mass is 460 g/mol. The normalized spacial score (nSPS) is 56.2. The molecule has 1 heterocycles. The SMILES string of the molecule is CC(C)(O)[C@@H]1CC[C@@](C)([C@H]2CC[C@]3(C)[C@@H]2CC[C@H]2[C@@]4(C)CC[C@@H](O)C(C)(C)[C@@H]4CC[C@]23C)O1. The molecule has 0 aromatic heterocycles. The van der Waals surface area contributed by atoms with Crippen LogP contribution in [0.4, 0.5) is 0 Å². The first-order chi connectivity index (χ1) is 15.1. The summed E-state index contributed by atoms with van der Waals surface area (Å²) in [5, 5.41) is 21.5. The van der Waals surface area contributed by atoms with Gasteiger partial charge in [0, 0.05) is 0 Å². The lowest BCUT2D eigenvalue weighted by molar-refractivity contribution is -0.227. The first-order valence-electron chi connectivity index (χ1n) is 14.2. The Bertz CT molecular complexity index is 784. The van der Waals surface area contributed by atoms with E-state index < -0.39 is 5.60 Å². The third-order valence-electron chi connectivity index (χ3n) is 13.3. The fourth-order valence-corrected chi connectivity index (χ4v) is 11.1. The van der Waals surface area contributed by atoms with Gasteiger partial charge in [-0.15, -0.1) is 0 Å². The molecule has 0 aromatic carbocycles. The Labute approximate surface area is 203 Å². The third kappa shape index (κ3) is 3.16. The molecule has 0 bridgehead atoms. The van der Waals surface area contributed by atoms with Crippen LogP contribution in [0.2, 0.25) is 0 Å². The Morgan fingerprint density at radius 1 is 0.697 bits per heavy atom. The number of aliphatic hydroxyl groups is 2. The van der Waals surface area contributed by atoms with E-state index in [-0.39, 0.29) is 23.2 Å². The van der Waals surface area contributed by atoms with Crippen LogP contribution < -0.4 is 0 Å². The van der Waals surface area contributed by atoms with E-state index in [1.165, 1.54) is 44.9 Å². The van der Waals surface area contributed by atoms with Crippen molar-refractivity contribution in [3.63, 3.8) is 0 Å². The second-order valence-electron chi connectivity index (χ2n) is 15.3. The van der Waals surface area contributed by atoms with Gasteiger partial charge < -0.3 is 14.9 Å². The molecular weight excluding hydrogens is 408 g/mol. The molecule has 0 spiro atoms. The standard InChI is InChI=1S/C30H52O3/c1-25(2)21-12-17-29(7)22(27(21,5)15-13-23(25)31)10-9-19-20(11-16-28(19,29)6)30(8)18-14-24(33-30)26(3,4)32/h19-24,31-32H,9-18H2,1-8H3/t19-,20+,21+,22+,23-,24+,27+,28-,29-,30+/m1/s1. The van der Waals surface area contributed by atoms with Crippen molar-refractivity contribution >= 4 is 0 Å². The molecule has 5 aliphatic rings. The highest BCUT2D eigenvalue weighted by Gasteiger charge is 2.70. The molecule has 5 fully saturated rings. The summed E-state index contributed by atoms with van der Waals surface area (Å²) in [6.45, 7) is 18.8. The highest BCUT2D eigenvalue weighted by atomic mass is 16.5. The van der Waals surface area contributed by atoms with Crippen LogP contribution in [0, 0.1) is 45.3 Å². The fraction of sp³-hybridized carbons (Fsp3) is 1.00. The van der Waals surface area contributed by atoms with Crippen molar-refractivity contribution in [2.24, 2.45) is 45.3 Å². The Morgan fingerprint density at radius 3 is 2.00 bits per heavy atom. The van der Waals surface area contributed by atoms with Crippen LogP contribution in [0.1, 0.15) is 120 Å². The van der Waals surface area contributed by atoms with Crippen LogP contribution in [0.15, 0.2) is 0 Å². The molecule has 5 rings (SSSR count). The van der Waals surface area contributed by atoms with Crippen molar-refractivity contribution in [1.29, 1.82) is 0 Å². The second kappa shape index (κ2) is 7.22. The van der Waals surface area contributed by atoms with Gasteiger partial charge in [0.15, 0.2) is 0 Å². The van der Waals surface area contributed by atoms with Gasteiger partial charge in [0.1, 0.15) is 0 Å². The zero-order valence-electron chi connectivity index (χ0n) is 22.8. The molecular formula is C30H52O3. The van der Waals surface area contributed by atoms with Gasteiger partial charge in [0.05, 0.1) is 23.4 Å². The van der Waals surface area contributed by atoms with Gasteiger partial charge >= 0.3 is 0 Å². The average molecular weight is 461 g/mol. The number of aliphatic hydroxyl groups excluding tert-OH is 1. The van der Waals surface area contributed by atoms with Crippen molar-refractivity contribution in [1.82, 2.24) is 0 Å². The predicted octanol–water partition coefficient (Wildman–Crippen LogP) is 6.74. The second-order valence-corrected chi connectivity index (χ2v) is 15.3. The highest BCUT2D eigenvalue weighted by Crippen LogP contribution is 2.76. The van der Waals surface area contributed by atoms with E-state index in [4.69, 9.17) is 4.74 Å². The first-order valence-corrected chi connectivity index (χ1v) is 14.2. The Morgan fingerprint density at radius 2 is 1.36 bits per heavy atom. The zero-order valence-corrected chi connectivity index (χ0v) is 22.8. The van der Waals surface area contributed by atoms with Gasteiger partial charge in [-0.1, -0.05) is 34.6 Å². The van der Waals surface area contributed by atoms with Crippen molar-refractivity contribution in [2.75, 3.05) is 0 Å². The summed E-state index contributed by atoms with van der Waals surface area (Å²) in [5.41, 5.74) is 0.277. The Kier molecular flexibility index (Phi) is 5.38. The molecule has 1 saturated heterocycles. The molecule has 3 nitrogen and oxygen atoms in total. The molecule has 190 valence electrons. The first kappa shape index (κ1) is 24.6. The molecule has 1 aliphatic heterocycles. The Hall–Kier alpha value is -0.120. The number of fused-ring (bicyclic) bond motifs is 5. The molecule has 10 atom stereocenters. The number of ether oxygens (including phenoxy) is 1. The smallest absolute Gasteiger partial charge is 0.0865 e. The third-order valence-corrected chi connectivity index (χ3v) is 13.3. The highest BCUT2D eigenvalue weighted by molar-refractivity contribution is 5.18. The molecule has 4 saturated carbocycles. The number of rotatable bonds is 2. The van der Waals surface area contributed by atoms with Gasteiger partial charge in [-0.3, -0.25) is 0 Å². The van der Waals surface area contributed by atoms with Crippen LogP contribution in [-0.4, -0.2) is 33.6 Å². The van der Waals surface area contributed by atoms with Gasteiger partial charge in [-0.05, 0) is 130 Å². The van der Waals surface area contributed by atoms with Crippen LogP contribution in [0.5, 0.6) is 0 Å². The van der Waals surface area contributed by atoms with Crippen molar-refractivity contribution in [3.05, 3.63) is 0 Å². The van der Waals surface area contributed by atoms with Crippen LogP contribution in [0.25, 0.3) is 0 Å². The van der Waals surface area contributed by atoms with Gasteiger partial charge in [0.25, 0.3) is 0 Å². The van der Waals surface area contributed by atoms with Crippen molar-refractivity contribution < 1.29 is 14.9 Å². The minimum Gasteiger partial charge on any atom is -0.393 e. The van der Waals surface area contributed by atoms with Crippen LogP contribution in [-0.2, 0) is 4.74 Å². The topological polar surface area (TPSA) is 49.7 Å². The van der Waals surface area contributed by atoms with Gasteiger partial charge in [-0.25, -0.2) is 0 Å². The van der Waals surface area contributed by atoms with Gasteiger partial charge in [0.2, 0.25) is 0 Å². The predicted molar refractivity (Wildman–Crippen MR) is 134 cm³/mol. The summed E-state index contributed by atoms with van der Waals surface area (Å²) in [7, 11) is 0. The van der Waals surface area contributed by atoms with E-state index in [0.29, 0.717) is 28.1 Å². The largest absolute Gasteiger partial charge is 0.393 e. The average Bonchev–Trinajstić information content (AvgIpc) is 3.27. The van der Waals surface area contributed by atoms with E-state index in [1.807, 2.05) is 13.8 Å². The lowest BCUT2D eigenvalue weighted by atomic mass is 9.35. The van der Waals surface area contributed by atoms with E-state index in [9.17, 15) is 10.2 Å². The molecule has 2 N–H and O–H groups in total. The molecule has 3 heteroatoms. The van der Waals surface area contributed by atoms with Crippen molar-refractivity contribution in [2.45, 2.75) is 143 Å². The maximum absolute atomic E-state index is 10.9. The molecule has 0 radical (unpaired) electrons. The number of hydrogen-bond acceptors (Lipinski definition) is 3. The summed E-state index contributed by atoms with van der Waals surface area (Å²) in [5.74, 6) is 2.73. The van der Waals surface area contributed by atoms with Gasteiger partial charge in [-0.2, -0.15) is 0 Å². The Balaban J connectivity index is 1.44. The van der Waals surface area contributed by atoms with Crippen LogP contribution >= 0.6 is 0 Å². The molecule has 0 amide bonds. The summed E-state index contributed by atoms with van der Waals surface area (Å²) in [4.78, 5) is 0.